The van der Waals surface area contributed by atoms with Crippen molar-refractivity contribution < 1.29 is 14.4 Å². The topological polar surface area (TPSA) is 105 Å². The van der Waals surface area contributed by atoms with E-state index < -0.39 is 34.6 Å². The highest BCUT2D eigenvalue weighted by Crippen LogP contribution is 2.75. The molecule has 1 saturated carbocycles. The summed E-state index contributed by atoms with van der Waals surface area (Å²) in [7, 11) is 2.48. The van der Waals surface area contributed by atoms with E-state index in [0.717, 1.165) is 9.80 Å². The van der Waals surface area contributed by atoms with Gasteiger partial charge in [0.2, 0.25) is 11.8 Å². The Labute approximate surface area is 146 Å². The molecule has 0 aromatic heterocycles. The number of hydrogen-bond acceptors (Lipinski definition) is 5. The number of carbonyl (C=O) groups is 3. The second kappa shape index (κ2) is 4.89. The zero-order valence-corrected chi connectivity index (χ0v) is 14.4. The number of nitrogens with zero attached hydrogens (tertiary/aromatic N) is 4. The highest BCUT2D eigenvalue weighted by atomic mass is 79.9. The minimum Gasteiger partial charge on any atom is -0.273 e. The number of nitriles is 2. The fourth-order valence-corrected chi connectivity index (χ4v) is 4.01. The van der Waals surface area contributed by atoms with Crippen LogP contribution in [0.3, 0.4) is 0 Å². The molecule has 2 fully saturated rings. The molecule has 1 heterocycles. The zero-order valence-electron chi connectivity index (χ0n) is 12.8. The highest BCUT2D eigenvalue weighted by molar-refractivity contribution is 9.10. The average Bonchev–Trinajstić information content (AvgIpc) is 3.21. The number of rotatable bonds is 1. The van der Waals surface area contributed by atoms with E-state index in [9.17, 15) is 24.9 Å². The molecule has 4 amide bonds. The maximum Gasteiger partial charge on any atom is 0.332 e. The molecule has 1 unspecified atom stereocenters. The minimum absolute atomic E-state index is 0.519. The van der Waals surface area contributed by atoms with Crippen LogP contribution in [0.25, 0.3) is 0 Å². The summed E-state index contributed by atoms with van der Waals surface area (Å²) in [5, 5.41) is 19.3. The number of barbiturate groups is 1. The van der Waals surface area contributed by atoms with E-state index in [0.29, 0.717) is 10.0 Å². The molecule has 1 aliphatic carbocycles. The number of amides is 4. The van der Waals surface area contributed by atoms with Gasteiger partial charge in [0.1, 0.15) is 0 Å². The van der Waals surface area contributed by atoms with Gasteiger partial charge in [0.25, 0.3) is 0 Å². The molecule has 1 atom stereocenters. The molecule has 0 N–H and O–H groups in total. The van der Waals surface area contributed by atoms with Crippen LogP contribution in [0, 0.1) is 33.5 Å². The van der Waals surface area contributed by atoms with Crippen molar-refractivity contribution in [1.29, 1.82) is 10.5 Å². The summed E-state index contributed by atoms with van der Waals surface area (Å²) in [6, 6.07) is 9.73. The minimum atomic E-state index is -1.89. The normalized spacial score (nSPS) is 23.9. The first-order valence-electron chi connectivity index (χ1n) is 6.97. The van der Waals surface area contributed by atoms with Crippen molar-refractivity contribution in [3.8, 4) is 12.1 Å². The third-order valence-electron chi connectivity index (χ3n) is 4.80. The molecule has 1 spiro atoms. The van der Waals surface area contributed by atoms with Crippen LogP contribution in [-0.2, 0) is 9.59 Å². The molecule has 120 valence electrons. The Morgan fingerprint density at radius 3 is 2.08 bits per heavy atom. The van der Waals surface area contributed by atoms with Crippen molar-refractivity contribution in [3.05, 3.63) is 34.3 Å². The smallest absolute Gasteiger partial charge is 0.273 e. The monoisotopic (exact) mass is 386 g/mol. The maximum absolute atomic E-state index is 12.8. The summed E-state index contributed by atoms with van der Waals surface area (Å²) in [6.45, 7) is 0. The molecule has 2 aliphatic rings. The largest absolute Gasteiger partial charge is 0.332 e. The molecule has 1 aromatic rings. The van der Waals surface area contributed by atoms with Crippen LogP contribution < -0.4 is 0 Å². The maximum atomic E-state index is 12.8. The lowest BCUT2D eigenvalue weighted by Gasteiger charge is -2.34. The molecule has 8 heteroatoms. The second-order valence-electron chi connectivity index (χ2n) is 5.84. The van der Waals surface area contributed by atoms with Gasteiger partial charge < -0.3 is 0 Å². The second-order valence-corrected chi connectivity index (χ2v) is 6.75. The number of carbonyl (C=O) groups excluding carboxylic acids is 3. The van der Waals surface area contributed by atoms with Crippen LogP contribution in [0.4, 0.5) is 4.79 Å². The molecule has 1 saturated heterocycles. The van der Waals surface area contributed by atoms with Crippen molar-refractivity contribution in [2.45, 2.75) is 5.92 Å². The fourth-order valence-electron chi connectivity index (χ4n) is 3.59. The molecule has 0 radical (unpaired) electrons. The predicted octanol–water partition coefficient (Wildman–Crippen LogP) is 1.62. The Morgan fingerprint density at radius 2 is 1.62 bits per heavy atom. The van der Waals surface area contributed by atoms with Gasteiger partial charge in [-0.3, -0.25) is 19.4 Å². The number of hydrogen-bond donors (Lipinski definition) is 0. The summed E-state index contributed by atoms with van der Waals surface area (Å²) in [6.07, 6.45) is 0. The third-order valence-corrected chi connectivity index (χ3v) is 5.29. The van der Waals surface area contributed by atoms with Crippen molar-refractivity contribution in [2.75, 3.05) is 14.1 Å². The third kappa shape index (κ3) is 1.56. The number of imide groups is 2. The molecular weight excluding hydrogens is 376 g/mol. The first kappa shape index (κ1) is 16.2. The first-order chi connectivity index (χ1) is 11.3. The number of benzene rings is 1. The summed E-state index contributed by atoms with van der Waals surface area (Å²) in [4.78, 5) is 39.2. The molecule has 3 rings (SSSR count). The summed E-state index contributed by atoms with van der Waals surface area (Å²) in [5.74, 6) is -2.57. The molecule has 7 nitrogen and oxygen atoms in total. The Morgan fingerprint density at radius 1 is 1.08 bits per heavy atom. The van der Waals surface area contributed by atoms with Crippen molar-refractivity contribution in [1.82, 2.24) is 9.80 Å². The average molecular weight is 387 g/mol. The molecule has 0 bridgehead atoms. The van der Waals surface area contributed by atoms with E-state index >= 15 is 0 Å². The van der Waals surface area contributed by atoms with E-state index in [1.54, 1.807) is 24.3 Å². The SMILES string of the molecule is CN1C(=O)N(C)C(=O)C2(C1=O)C(c1cccc(Br)c1)C2(C#N)C#N. The van der Waals surface area contributed by atoms with Crippen molar-refractivity contribution >= 4 is 33.8 Å². The van der Waals surface area contributed by atoms with Gasteiger partial charge in [0.05, 0.1) is 12.1 Å². The van der Waals surface area contributed by atoms with E-state index in [1.165, 1.54) is 14.1 Å². The Bertz CT molecular complexity index is 844. The van der Waals surface area contributed by atoms with Crippen molar-refractivity contribution in [3.63, 3.8) is 0 Å². The molecular formula is C16H11BrN4O3. The quantitative estimate of drug-likeness (QED) is 0.681. The Kier molecular flexibility index (Phi) is 3.29. The summed E-state index contributed by atoms with van der Waals surface area (Å²) in [5.41, 5.74) is -3.22. The highest BCUT2D eigenvalue weighted by Gasteiger charge is 2.89. The van der Waals surface area contributed by atoms with E-state index in [-0.39, 0.29) is 0 Å². The van der Waals surface area contributed by atoms with Gasteiger partial charge in [-0.25, -0.2) is 4.79 Å². The summed E-state index contributed by atoms with van der Waals surface area (Å²) < 4.78 is 0.695. The van der Waals surface area contributed by atoms with Gasteiger partial charge in [0.15, 0.2) is 10.8 Å². The van der Waals surface area contributed by atoms with Crippen LogP contribution in [0.5, 0.6) is 0 Å². The van der Waals surface area contributed by atoms with Crippen LogP contribution in [0.2, 0.25) is 0 Å². The Balaban J connectivity index is 2.27. The van der Waals surface area contributed by atoms with E-state index in [4.69, 9.17) is 0 Å². The van der Waals surface area contributed by atoms with Gasteiger partial charge in [-0.15, -0.1) is 0 Å². The van der Waals surface area contributed by atoms with Crippen LogP contribution in [0.1, 0.15) is 11.5 Å². The van der Waals surface area contributed by atoms with Gasteiger partial charge in [-0.1, -0.05) is 28.1 Å². The van der Waals surface area contributed by atoms with E-state index in [1.807, 2.05) is 12.1 Å². The Hall–Kier alpha value is -2.71. The van der Waals surface area contributed by atoms with Gasteiger partial charge >= 0.3 is 6.03 Å². The molecule has 1 aliphatic heterocycles. The standard InChI is InChI=1S/C16H11BrN4O3/c1-20-12(22)16(13(23)21(2)14(20)24)11(15(16,7-18)8-19)9-4-3-5-10(17)6-9/h3-6,11H,1-2H3. The van der Waals surface area contributed by atoms with E-state index in [2.05, 4.69) is 15.9 Å². The van der Waals surface area contributed by atoms with Crippen LogP contribution in [-0.4, -0.2) is 41.7 Å². The van der Waals surface area contributed by atoms with Gasteiger partial charge in [-0.2, -0.15) is 10.5 Å². The number of urea groups is 1. The molecule has 1 aromatic carbocycles. The number of halogens is 1. The van der Waals surface area contributed by atoms with Gasteiger partial charge in [-0.05, 0) is 17.7 Å². The van der Waals surface area contributed by atoms with Crippen LogP contribution in [0.15, 0.2) is 28.7 Å². The van der Waals surface area contributed by atoms with Crippen molar-refractivity contribution in [2.24, 2.45) is 10.8 Å². The lowest BCUT2D eigenvalue weighted by atomic mass is 9.90. The van der Waals surface area contributed by atoms with Gasteiger partial charge in [0, 0.05) is 24.5 Å². The lowest BCUT2D eigenvalue weighted by molar-refractivity contribution is -0.151. The summed E-state index contributed by atoms with van der Waals surface area (Å²) >= 11 is 3.30. The zero-order chi connectivity index (χ0) is 17.9. The lowest BCUT2D eigenvalue weighted by Crippen LogP contribution is -2.59. The fraction of sp³-hybridized carbons (Fsp3) is 0.312. The predicted molar refractivity (Wildman–Crippen MR) is 83.9 cm³/mol. The molecule has 24 heavy (non-hydrogen) atoms. The first-order valence-corrected chi connectivity index (χ1v) is 7.77. The van der Waals surface area contributed by atoms with Crippen LogP contribution >= 0.6 is 15.9 Å².